The van der Waals surface area contributed by atoms with Gasteiger partial charge in [-0.3, -0.25) is 4.79 Å². The third-order valence-corrected chi connectivity index (χ3v) is 2.73. The van der Waals surface area contributed by atoms with Gasteiger partial charge in [0.2, 0.25) is 0 Å². The minimum absolute atomic E-state index is 0.0349. The summed E-state index contributed by atoms with van der Waals surface area (Å²) in [5, 5.41) is 8.78. The van der Waals surface area contributed by atoms with Gasteiger partial charge in [-0.25, -0.2) is 0 Å². The third kappa shape index (κ3) is 4.10. The summed E-state index contributed by atoms with van der Waals surface area (Å²) < 4.78 is 5.54. The lowest BCUT2D eigenvalue weighted by molar-refractivity contribution is -0.137. The van der Waals surface area contributed by atoms with Gasteiger partial charge in [-0.15, -0.1) is 0 Å². The Hall–Kier alpha value is -1.51. The van der Waals surface area contributed by atoms with E-state index in [0.29, 0.717) is 6.61 Å². The highest BCUT2D eigenvalue weighted by Gasteiger charge is 2.12. The van der Waals surface area contributed by atoms with E-state index in [0.717, 1.165) is 23.3 Å². The Bertz CT molecular complexity index is 385. The van der Waals surface area contributed by atoms with Crippen molar-refractivity contribution in [3.63, 3.8) is 0 Å². The summed E-state index contributed by atoms with van der Waals surface area (Å²) in [5.74, 6) is 0.131. The number of hydrogen-bond acceptors (Lipinski definition) is 2. The smallest absolute Gasteiger partial charge is 0.303 e. The lowest BCUT2D eigenvalue weighted by Gasteiger charge is -2.14. The van der Waals surface area contributed by atoms with Gasteiger partial charge in [0.25, 0.3) is 0 Å². The quantitative estimate of drug-likeness (QED) is 0.823. The topological polar surface area (TPSA) is 46.5 Å². The van der Waals surface area contributed by atoms with Crippen LogP contribution in [0, 0.1) is 6.92 Å². The number of carbonyl (C=O) groups is 1. The highest BCUT2D eigenvalue weighted by atomic mass is 16.5. The van der Waals surface area contributed by atoms with Crippen LogP contribution in [0.15, 0.2) is 18.2 Å². The molecule has 0 amide bonds. The summed E-state index contributed by atoms with van der Waals surface area (Å²) in [5.41, 5.74) is 2.17. The first kappa shape index (κ1) is 13.6. The summed E-state index contributed by atoms with van der Waals surface area (Å²) >= 11 is 0. The van der Waals surface area contributed by atoms with Gasteiger partial charge in [-0.05, 0) is 42.5 Å². The van der Waals surface area contributed by atoms with E-state index in [1.54, 1.807) is 0 Å². The number of ether oxygens (including phenoxy) is 1. The first-order chi connectivity index (χ1) is 8.04. The van der Waals surface area contributed by atoms with E-state index in [1.165, 1.54) is 0 Å². The Morgan fingerprint density at radius 3 is 2.71 bits per heavy atom. The zero-order chi connectivity index (χ0) is 12.8. The molecular formula is C14H20O3. The van der Waals surface area contributed by atoms with Crippen LogP contribution in [0.2, 0.25) is 0 Å². The van der Waals surface area contributed by atoms with Gasteiger partial charge in [0, 0.05) is 0 Å². The highest BCUT2D eigenvalue weighted by Crippen LogP contribution is 2.26. The molecule has 3 heteroatoms. The molecule has 3 nitrogen and oxygen atoms in total. The first-order valence-electron chi connectivity index (χ1n) is 5.99. The average molecular weight is 236 g/mol. The molecule has 0 saturated carbocycles. The molecule has 0 fully saturated rings. The SMILES string of the molecule is CCCOc1ccc(C(C)CC(=O)O)c(C)c1. The molecule has 17 heavy (non-hydrogen) atoms. The van der Waals surface area contributed by atoms with Gasteiger partial charge in [-0.1, -0.05) is 19.9 Å². The van der Waals surface area contributed by atoms with Gasteiger partial charge in [0.1, 0.15) is 5.75 Å². The van der Waals surface area contributed by atoms with Crippen molar-refractivity contribution >= 4 is 5.97 Å². The second kappa shape index (κ2) is 6.28. The molecule has 1 atom stereocenters. The van der Waals surface area contributed by atoms with Gasteiger partial charge in [-0.2, -0.15) is 0 Å². The van der Waals surface area contributed by atoms with E-state index in [4.69, 9.17) is 9.84 Å². The number of hydrogen-bond donors (Lipinski definition) is 1. The molecule has 94 valence electrons. The third-order valence-electron chi connectivity index (χ3n) is 2.73. The first-order valence-corrected chi connectivity index (χ1v) is 5.99. The van der Waals surface area contributed by atoms with Crippen molar-refractivity contribution in [2.24, 2.45) is 0 Å². The van der Waals surface area contributed by atoms with Crippen molar-refractivity contribution in [2.75, 3.05) is 6.61 Å². The van der Waals surface area contributed by atoms with Crippen LogP contribution >= 0.6 is 0 Å². The fraction of sp³-hybridized carbons (Fsp3) is 0.500. The maximum absolute atomic E-state index is 10.7. The van der Waals surface area contributed by atoms with Gasteiger partial charge in [0.15, 0.2) is 0 Å². The molecule has 0 aliphatic rings. The summed E-state index contributed by atoms with van der Waals surface area (Å²) in [4.78, 5) is 10.7. The molecule has 1 aromatic carbocycles. The Balaban J connectivity index is 2.78. The molecule has 1 N–H and O–H groups in total. The summed E-state index contributed by atoms with van der Waals surface area (Å²) in [6.45, 7) is 6.70. The van der Waals surface area contributed by atoms with Crippen molar-refractivity contribution in [2.45, 2.75) is 39.5 Å². The van der Waals surface area contributed by atoms with Gasteiger partial charge < -0.3 is 9.84 Å². The molecule has 0 aliphatic carbocycles. The molecule has 0 saturated heterocycles. The molecule has 0 aliphatic heterocycles. The molecule has 0 heterocycles. The molecule has 1 aromatic rings. The number of benzene rings is 1. The maximum Gasteiger partial charge on any atom is 0.303 e. The van der Waals surface area contributed by atoms with Crippen LogP contribution in [0.1, 0.15) is 43.7 Å². The second-order valence-corrected chi connectivity index (χ2v) is 4.37. The summed E-state index contributed by atoms with van der Waals surface area (Å²) in [6.07, 6.45) is 1.15. The van der Waals surface area contributed by atoms with E-state index in [9.17, 15) is 4.79 Å². The number of carboxylic acids is 1. The maximum atomic E-state index is 10.7. The van der Waals surface area contributed by atoms with Gasteiger partial charge >= 0.3 is 5.97 Å². The molecule has 0 spiro atoms. The summed E-state index contributed by atoms with van der Waals surface area (Å²) in [6, 6.07) is 5.85. The van der Waals surface area contributed by atoms with Crippen molar-refractivity contribution < 1.29 is 14.6 Å². The fourth-order valence-corrected chi connectivity index (χ4v) is 1.88. The minimum atomic E-state index is -0.761. The molecule has 0 bridgehead atoms. The lowest BCUT2D eigenvalue weighted by atomic mass is 9.94. The van der Waals surface area contributed by atoms with Gasteiger partial charge in [0.05, 0.1) is 13.0 Å². The highest BCUT2D eigenvalue weighted by molar-refractivity contribution is 5.68. The largest absolute Gasteiger partial charge is 0.494 e. The number of carboxylic acid groups (broad SMARTS) is 1. The van der Waals surface area contributed by atoms with Crippen LogP contribution in [0.4, 0.5) is 0 Å². The van der Waals surface area contributed by atoms with Crippen molar-refractivity contribution in [3.05, 3.63) is 29.3 Å². The number of rotatable bonds is 6. The second-order valence-electron chi connectivity index (χ2n) is 4.37. The van der Waals surface area contributed by atoms with Crippen LogP contribution in [0.5, 0.6) is 5.75 Å². The van der Waals surface area contributed by atoms with E-state index < -0.39 is 5.97 Å². The Kier molecular flexibility index (Phi) is 5.01. The lowest BCUT2D eigenvalue weighted by Crippen LogP contribution is -2.05. The summed E-state index contributed by atoms with van der Waals surface area (Å²) in [7, 11) is 0. The van der Waals surface area contributed by atoms with E-state index in [1.807, 2.05) is 32.0 Å². The Labute approximate surface area is 102 Å². The van der Waals surface area contributed by atoms with Crippen LogP contribution in [0.3, 0.4) is 0 Å². The fourth-order valence-electron chi connectivity index (χ4n) is 1.88. The minimum Gasteiger partial charge on any atom is -0.494 e. The number of aryl methyl sites for hydroxylation is 1. The average Bonchev–Trinajstić information content (AvgIpc) is 2.25. The molecule has 0 radical (unpaired) electrons. The van der Waals surface area contributed by atoms with Crippen molar-refractivity contribution in [3.8, 4) is 5.75 Å². The molecular weight excluding hydrogens is 216 g/mol. The van der Waals surface area contributed by atoms with E-state index in [2.05, 4.69) is 6.92 Å². The monoisotopic (exact) mass is 236 g/mol. The molecule has 1 unspecified atom stereocenters. The van der Waals surface area contributed by atoms with Crippen LogP contribution in [0.25, 0.3) is 0 Å². The molecule has 0 aromatic heterocycles. The van der Waals surface area contributed by atoms with Crippen LogP contribution < -0.4 is 4.74 Å². The zero-order valence-electron chi connectivity index (χ0n) is 10.7. The predicted octanol–water partition coefficient (Wildman–Crippen LogP) is 3.36. The van der Waals surface area contributed by atoms with Crippen LogP contribution in [-0.4, -0.2) is 17.7 Å². The molecule has 1 rings (SSSR count). The predicted molar refractivity (Wildman–Crippen MR) is 67.6 cm³/mol. The normalized spacial score (nSPS) is 12.2. The number of aliphatic carboxylic acids is 1. The van der Waals surface area contributed by atoms with Crippen LogP contribution in [-0.2, 0) is 4.79 Å². The Morgan fingerprint density at radius 2 is 2.18 bits per heavy atom. The van der Waals surface area contributed by atoms with Crippen molar-refractivity contribution in [1.82, 2.24) is 0 Å². The standard InChI is InChI=1S/C14H20O3/c1-4-7-17-12-5-6-13(10(2)8-12)11(3)9-14(15)16/h5-6,8,11H,4,7,9H2,1-3H3,(H,15,16). The van der Waals surface area contributed by atoms with E-state index >= 15 is 0 Å². The zero-order valence-corrected chi connectivity index (χ0v) is 10.7. The van der Waals surface area contributed by atoms with Crippen molar-refractivity contribution in [1.29, 1.82) is 0 Å². The van der Waals surface area contributed by atoms with E-state index in [-0.39, 0.29) is 12.3 Å². The Morgan fingerprint density at radius 1 is 1.47 bits per heavy atom.